The van der Waals surface area contributed by atoms with E-state index in [0.717, 1.165) is 19.3 Å². The van der Waals surface area contributed by atoms with Gasteiger partial charge in [-0.3, -0.25) is 4.79 Å². The van der Waals surface area contributed by atoms with Gasteiger partial charge in [-0.05, 0) is 43.5 Å². The highest BCUT2D eigenvalue weighted by Gasteiger charge is 2.12. The predicted molar refractivity (Wildman–Crippen MR) is 71.6 cm³/mol. The molecule has 0 saturated carbocycles. The van der Waals surface area contributed by atoms with Crippen molar-refractivity contribution < 1.29 is 9.53 Å². The summed E-state index contributed by atoms with van der Waals surface area (Å²) in [7, 11) is 0. The van der Waals surface area contributed by atoms with Crippen molar-refractivity contribution >= 4 is 5.91 Å². The maximum absolute atomic E-state index is 11.7. The van der Waals surface area contributed by atoms with Gasteiger partial charge in [0.2, 0.25) is 0 Å². The fourth-order valence-electron chi connectivity index (χ4n) is 1.97. The van der Waals surface area contributed by atoms with Gasteiger partial charge in [-0.25, -0.2) is 0 Å². The average Bonchev–Trinajstić information content (AvgIpc) is 2.47. The summed E-state index contributed by atoms with van der Waals surface area (Å²) in [6, 6.07) is 8.97. The van der Waals surface area contributed by atoms with E-state index in [1.165, 1.54) is 0 Å². The van der Waals surface area contributed by atoms with E-state index in [1.807, 2.05) is 6.07 Å². The minimum absolute atomic E-state index is 0.00607. The molecular formula is C15H16N2O2. The van der Waals surface area contributed by atoms with Crippen LogP contribution in [0.4, 0.5) is 0 Å². The third kappa shape index (κ3) is 4.14. The van der Waals surface area contributed by atoms with Crippen LogP contribution in [0.2, 0.25) is 0 Å². The van der Waals surface area contributed by atoms with Crippen molar-refractivity contribution in [2.75, 3.05) is 6.61 Å². The van der Waals surface area contributed by atoms with Crippen molar-refractivity contribution in [1.82, 2.24) is 5.32 Å². The first kappa shape index (κ1) is 13.2. The Kier molecular flexibility index (Phi) is 4.57. The number of hydrogen-bond donors (Lipinski definition) is 1. The normalized spacial score (nSPS) is 17.5. The second-order valence-electron chi connectivity index (χ2n) is 4.47. The Hall–Kier alpha value is -2.28. The van der Waals surface area contributed by atoms with E-state index in [1.54, 1.807) is 24.3 Å². The van der Waals surface area contributed by atoms with Crippen molar-refractivity contribution in [1.29, 1.82) is 5.26 Å². The Balaban J connectivity index is 1.76. The molecule has 0 heterocycles. The molecule has 1 aromatic carbocycles. The topological polar surface area (TPSA) is 62.1 Å². The van der Waals surface area contributed by atoms with Gasteiger partial charge in [0, 0.05) is 6.04 Å². The molecule has 0 fully saturated rings. The van der Waals surface area contributed by atoms with E-state index in [2.05, 4.69) is 17.5 Å². The lowest BCUT2D eigenvalue weighted by Gasteiger charge is -2.19. The van der Waals surface area contributed by atoms with Gasteiger partial charge >= 0.3 is 0 Å². The summed E-state index contributed by atoms with van der Waals surface area (Å²) in [5.74, 6) is 0.488. The van der Waals surface area contributed by atoms with Gasteiger partial charge in [-0.2, -0.15) is 5.26 Å². The number of nitrogens with zero attached hydrogens (tertiary/aromatic N) is 1. The van der Waals surface area contributed by atoms with E-state index in [9.17, 15) is 4.79 Å². The lowest BCUT2D eigenvalue weighted by molar-refractivity contribution is -0.123. The molecule has 1 unspecified atom stereocenters. The Bertz CT molecular complexity index is 500. The standard InChI is InChI=1S/C15H16N2O2/c16-10-12-6-8-14(9-7-12)19-11-15(18)17-13-4-2-1-3-5-13/h1-2,6-9,13H,3-5,11H2,(H,17,18). The van der Waals surface area contributed by atoms with Crippen molar-refractivity contribution in [3.8, 4) is 11.8 Å². The number of benzene rings is 1. The van der Waals surface area contributed by atoms with Gasteiger partial charge in [0.1, 0.15) is 5.75 Å². The highest BCUT2D eigenvalue weighted by atomic mass is 16.5. The molecule has 0 radical (unpaired) electrons. The zero-order valence-electron chi connectivity index (χ0n) is 10.6. The highest BCUT2D eigenvalue weighted by Crippen LogP contribution is 2.12. The van der Waals surface area contributed by atoms with Crippen LogP contribution in [0.5, 0.6) is 5.75 Å². The Morgan fingerprint density at radius 2 is 2.16 bits per heavy atom. The average molecular weight is 256 g/mol. The van der Waals surface area contributed by atoms with Gasteiger partial charge in [-0.15, -0.1) is 0 Å². The van der Waals surface area contributed by atoms with Crippen LogP contribution < -0.4 is 10.1 Å². The second-order valence-corrected chi connectivity index (χ2v) is 4.47. The first-order chi connectivity index (χ1) is 9.28. The first-order valence-electron chi connectivity index (χ1n) is 6.35. The van der Waals surface area contributed by atoms with Crippen molar-refractivity contribution in [3.63, 3.8) is 0 Å². The van der Waals surface area contributed by atoms with Crippen LogP contribution in [0.3, 0.4) is 0 Å². The van der Waals surface area contributed by atoms with Crippen LogP contribution in [-0.2, 0) is 4.79 Å². The van der Waals surface area contributed by atoms with E-state index >= 15 is 0 Å². The van der Waals surface area contributed by atoms with Gasteiger partial charge in [0.15, 0.2) is 6.61 Å². The third-order valence-electron chi connectivity index (χ3n) is 2.99. The zero-order chi connectivity index (χ0) is 13.5. The molecule has 0 bridgehead atoms. The lowest BCUT2D eigenvalue weighted by Crippen LogP contribution is -2.38. The van der Waals surface area contributed by atoms with Crippen LogP contribution >= 0.6 is 0 Å². The van der Waals surface area contributed by atoms with E-state index < -0.39 is 0 Å². The largest absolute Gasteiger partial charge is 0.484 e. The number of allylic oxidation sites excluding steroid dienone is 1. The molecule has 2 rings (SSSR count). The number of rotatable bonds is 4. The van der Waals surface area contributed by atoms with Gasteiger partial charge in [0.05, 0.1) is 11.6 Å². The van der Waals surface area contributed by atoms with Gasteiger partial charge in [-0.1, -0.05) is 12.2 Å². The third-order valence-corrected chi connectivity index (χ3v) is 2.99. The van der Waals surface area contributed by atoms with Crippen LogP contribution in [-0.4, -0.2) is 18.6 Å². The quantitative estimate of drug-likeness (QED) is 0.840. The van der Waals surface area contributed by atoms with E-state index in [4.69, 9.17) is 10.00 Å². The monoisotopic (exact) mass is 256 g/mol. The molecule has 1 aliphatic rings. The summed E-state index contributed by atoms with van der Waals surface area (Å²) >= 11 is 0. The number of nitrogens with one attached hydrogen (secondary N) is 1. The molecule has 4 nitrogen and oxygen atoms in total. The molecule has 19 heavy (non-hydrogen) atoms. The van der Waals surface area contributed by atoms with Gasteiger partial charge in [0.25, 0.3) is 5.91 Å². The molecule has 1 N–H and O–H groups in total. The van der Waals surface area contributed by atoms with Gasteiger partial charge < -0.3 is 10.1 Å². The summed E-state index contributed by atoms with van der Waals surface area (Å²) in [4.78, 5) is 11.7. The molecule has 1 aromatic rings. The number of nitriles is 1. The molecular weight excluding hydrogens is 240 g/mol. The summed E-state index contributed by atoms with van der Waals surface area (Å²) in [5.41, 5.74) is 0.575. The molecule has 0 spiro atoms. The summed E-state index contributed by atoms with van der Waals surface area (Å²) in [6.07, 6.45) is 7.12. The Morgan fingerprint density at radius 3 is 2.79 bits per heavy atom. The number of ether oxygens (including phenoxy) is 1. The minimum atomic E-state index is -0.107. The molecule has 1 atom stereocenters. The maximum atomic E-state index is 11.7. The predicted octanol–water partition coefficient (Wildman–Crippen LogP) is 2.16. The van der Waals surface area contributed by atoms with E-state index in [0.29, 0.717) is 11.3 Å². The van der Waals surface area contributed by atoms with Crippen LogP contribution in [0.1, 0.15) is 24.8 Å². The van der Waals surface area contributed by atoms with E-state index in [-0.39, 0.29) is 18.6 Å². The first-order valence-corrected chi connectivity index (χ1v) is 6.35. The molecule has 1 amide bonds. The molecule has 0 aromatic heterocycles. The Labute approximate surface area is 112 Å². The SMILES string of the molecule is N#Cc1ccc(OCC(=O)NC2CC=CCC2)cc1. The number of carbonyl (C=O) groups is 1. The van der Waals surface area contributed by atoms with Crippen molar-refractivity contribution in [2.24, 2.45) is 0 Å². The minimum Gasteiger partial charge on any atom is -0.484 e. The second kappa shape index (κ2) is 6.60. The highest BCUT2D eigenvalue weighted by molar-refractivity contribution is 5.77. The summed E-state index contributed by atoms with van der Waals surface area (Å²) < 4.78 is 5.37. The Morgan fingerprint density at radius 1 is 1.37 bits per heavy atom. The fourth-order valence-corrected chi connectivity index (χ4v) is 1.97. The van der Waals surface area contributed by atoms with Crippen molar-refractivity contribution in [3.05, 3.63) is 42.0 Å². The number of hydrogen-bond acceptors (Lipinski definition) is 3. The maximum Gasteiger partial charge on any atom is 0.258 e. The smallest absolute Gasteiger partial charge is 0.258 e. The number of amides is 1. The van der Waals surface area contributed by atoms with Crippen LogP contribution in [0, 0.1) is 11.3 Å². The van der Waals surface area contributed by atoms with Crippen LogP contribution in [0.15, 0.2) is 36.4 Å². The summed E-state index contributed by atoms with van der Waals surface area (Å²) in [6.45, 7) is 0.00607. The zero-order valence-corrected chi connectivity index (χ0v) is 10.6. The molecule has 98 valence electrons. The van der Waals surface area contributed by atoms with Crippen LogP contribution in [0.25, 0.3) is 0 Å². The molecule has 1 aliphatic carbocycles. The lowest BCUT2D eigenvalue weighted by atomic mass is 10.0. The summed E-state index contributed by atoms with van der Waals surface area (Å²) in [5, 5.41) is 11.6. The molecule has 0 aliphatic heterocycles. The molecule has 4 heteroatoms. The van der Waals surface area contributed by atoms with Crippen molar-refractivity contribution in [2.45, 2.75) is 25.3 Å². The molecule has 0 saturated heterocycles. The fraction of sp³-hybridized carbons (Fsp3) is 0.333. The number of carbonyl (C=O) groups excluding carboxylic acids is 1.